The zero-order valence-electron chi connectivity index (χ0n) is 10.0. The maximum absolute atomic E-state index is 13.5. The van der Waals surface area contributed by atoms with Crippen LogP contribution in [0.3, 0.4) is 0 Å². The maximum Gasteiger partial charge on any atom is 0.455 e. The van der Waals surface area contributed by atoms with E-state index in [4.69, 9.17) is 0 Å². The standard InChI is InChI=1S/C10H10F5N3O2/c1-4-2-6(9(11,12)10(13,14)15)18-7(16-4)3-5(17-18)8(19)20/h3-4,6,16H,2H2,1H3,(H,19,20)/p-1. The molecule has 0 fully saturated rings. The number of carboxylic acid groups (broad SMARTS) is 1. The van der Waals surface area contributed by atoms with Crippen molar-refractivity contribution in [1.29, 1.82) is 0 Å². The van der Waals surface area contributed by atoms with Gasteiger partial charge in [-0.1, -0.05) is 0 Å². The molecule has 0 amide bonds. The van der Waals surface area contributed by atoms with Crippen molar-refractivity contribution in [3.63, 3.8) is 0 Å². The van der Waals surface area contributed by atoms with Crippen LogP contribution in [0.2, 0.25) is 0 Å². The van der Waals surface area contributed by atoms with Crippen molar-refractivity contribution in [3.05, 3.63) is 11.8 Å². The van der Waals surface area contributed by atoms with Crippen LogP contribution < -0.4 is 10.4 Å². The van der Waals surface area contributed by atoms with E-state index in [0.29, 0.717) is 4.68 Å². The number of anilines is 1. The minimum absolute atomic E-state index is 0.211. The molecule has 0 saturated heterocycles. The van der Waals surface area contributed by atoms with Gasteiger partial charge in [-0.05, 0) is 13.3 Å². The largest absolute Gasteiger partial charge is 0.543 e. The van der Waals surface area contributed by atoms with Gasteiger partial charge in [-0.2, -0.15) is 27.1 Å². The summed E-state index contributed by atoms with van der Waals surface area (Å²) in [6, 6.07) is -2.13. The van der Waals surface area contributed by atoms with Gasteiger partial charge in [0.1, 0.15) is 17.6 Å². The molecule has 0 radical (unpaired) electrons. The van der Waals surface area contributed by atoms with E-state index in [2.05, 4.69) is 10.4 Å². The van der Waals surface area contributed by atoms with Crippen LogP contribution in [0.5, 0.6) is 0 Å². The lowest BCUT2D eigenvalue weighted by molar-refractivity contribution is -0.301. The number of fused-ring (bicyclic) bond motifs is 1. The van der Waals surface area contributed by atoms with Gasteiger partial charge in [-0.3, -0.25) is 0 Å². The van der Waals surface area contributed by atoms with Crippen LogP contribution in [0.4, 0.5) is 27.8 Å². The lowest BCUT2D eigenvalue weighted by atomic mass is 9.99. The Morgan fingerprint density at radius 3 is 2.55 bits per heavy atom. The third-order valence-electron chi connectivity index (χ3n) is 3.01. The summed E-state index contributed by atoms with van der Waals surface area (Å²) in [5, 5.41) is 16.5. The van der Waals surface area contributed by atoms with Gasteiger partial charge >= 0.3 is 12.1 Å². The van der Waals surface area contributed by atoms with Crippen molar-refractivity contribution in [2.45, 2.75) is 37.5 Å². The molecule has 1 aromatic heterocycles. The average molecular weight is 298 g/mol. The Hall–Kier alpha value is -1.87. The van der Waals surface area contributed by atoms with Crippen LogP contribution in [0.1, 0.15) is 29.9 Å². The van der Waals surface area contributed by atoms with Crippen LogP contribution in [-0.2, 0) is 0 Å². The van der Waals surface area contributed by atoms with Crippen LogP contribution in [-0.4, -0.2) is 33.9 Å². The molecule has 0 bridgehead atoms. The summed E-state index contributed by atoms with van der Waals surface area (Å²) in [7, 11) is 0. The molecule has 5 nitrogen and oxygen atoms in total. The fraction of sp³-hybridized carbons (Fsp3) is 0.600. The molecule has 10 heteroatoms. The third kappa shape index (κ3) is 2.18. The summed E-state index contributed by atoms with van der Waals surface area (Å²) >= 11 is 0. The zero-order chi connectivity index (χ0) is 15.3. The van der Waals surface area contributed by atoms with Gasteiger partial charge < -0.3 is 15.2 Å². The first-order valence-electron chi connectivity index (χ1n) is 5.56. The summed E-state index contributed by atoms with van der Waals surface area (Å²) in [5.74, 6) is -6.99. The number of aromatic nitrogens is 2. The van der Waals surface area contributed by atoms with Crippen LogP contribution in [0, 0.1) is 0 Å². The summed E-state index contributed by atoms with van der Waals surface area (Å²) in [6.45, 7) is 1.41. The first-order valence-corrected chi connectivity index (χ1v) is 5.56. The number of hydrogen-bond donors (Lipinski definition) is 1. The Bertz CT molecular complexity index is 539. The summed E-state index contributed by atoms with van der Waals surface area (Å²) in [4.78, 5) is 10.6. The molecular weight excluding hydrogens is 289 g/mol. The molecule has 0 aliphatic carbocycles. The van der Waals surface area contributed by atoms with Gasteiger partial charge in [-0.25, -0.2) is 4.68 Å². The smallest absolute Gasteiger partial charge is 0.455 e. The summed E-state index contributed by atoms with van der Waals surface area (Å²) < 4.78 is 64.8. The van der Waals surface area contributed by atoms with Crippen molar-refractivity contribution in [2.24, 2.45) is 0 Å². The van der Waals surface area contributed by atoms with Crippen LogP contribution in [0.15, 0.2) is 6.07 Å². The van der Waals surface area contributed by atoms with E-state index >= 15 is 0 Å². The molecule has 0 saturated carbocycles. The van der Waals surface area contributed by atoms with Crippen LogP contribution in [0.25, 0.3) is 0 Å². The third-order valence-corrected chi connectivity index (χ3v) is 3.01. The Morgan fingerprint density at radius 1 is 1.45 bits per heavy atom. The van der Waals surface area contributed by atoms with Gasteiger partial charge in [0.15, 0.2) is 0 Å². The highest BCUT2D eigenvalue weighted by molar-refractivity contribution is 5.84. The average Bonchev–Trinajstić information content (AvgIpc) is 2.69. The van der Waals surface area contributed by atoms with E-state index < -0.39 is 42.3 Å². The lowest BCUT2D eigenvalue weighted by Crippen LogP contribution is -2.48. The number of carboxylic acids is 1. The van der Waals surface area contributed by atoms with Crippen molar-refractivity contribution >= 4 is 11.8 Å². The van der Waals surface area contributed by atoms with Gasteiger partial charge in [0.2, 0.25) is 0 Å². The zero-order valence-corrected chi connectivity index (χ0v) is 10.0. The first-order chi connectivity index (χ1) is 9.04. The SMILES string of the molecule is CC1CC(C(F)(F)C(F)(F)F)n2nc(C(=O)[O-])cc2N1. The number of carbonyl (C=O) groups is 1. The lowest BCUT2D eigenvalue weighted by Gasteiger charge is -2.35. The maximum atomic E-state index is 13.5. The van der Waals surface area contributed by atoms with E-state index in [-0.39, 0.29) is 5.82 Å². The topological polar surface area (TPSA) is 70.0 Å². The van der Waals surface area contributed by atoms with E-state index in [0.717, 1.165) is 6.07 Å². The number of alkyl halides is 5. The normalized spacial score (nSPS) is 23.1. The predicted octanol–water partition coefficient (Wildman–Crippen LogP) is 1.19. The highest BCUT2D eigenvalue weighted by Crippen LogP contribution is 2.47. The molecule has 0 spiro atoms. The number of nitrogens with one attached hydrogen (secondary N) is 1. The summed E-state index contributed by atoms with van der Waals surface area (Å²) in [5.41, 5.74) is -0.704. The van der Waals surface area contributed by atoms with E-state index in [1.165, 1.54) is 6.92 Å². The Balaban J connectivity index is 2.50. The molecule has 20 heavy (non-hydrogen) atoms. The minimum Gasteiger partial charge on any atom is -0.543 e. The van der Waals surface area contributed by atoms with E-state index in [1.807, 2.05) is 0 Å². The molecule has 1 N–H and O–H groups in total. The Morgan fingerprint density at radius 2 is 2.05 bits per heavy atom. The highest BCUT2D eigenvalue weighted by Gasteiger charge is 2.64. The Labute approximate surface area is 109 Å². The van der Waals surface area contributed by atoms with E-state index in [9.17, 15) is 31.9 Å². The van der Waals surface area contributed by atoms with E-state index in [1.54, 1.807) is 0 Å². The molecule has 0 aromatic carbocycles. The fourth-order valence-corrected chi connectivity index (χ4v) is 2.08. The quantitative estimate of drug-likeness (QED) is 0.833. The molecule has 112 valence electrons. The van der Waals surface area contributed by atoms with Crippen molar-refractivity contribution in [2.75, 3.05) is 5.32 Å². The highest BCUT2D eigenvalue weighted by atomic mass is 19.4. The number of carbonyl (C=O) groups excluding carboxylic acids is 1. The number of aromatic carboxylic acids is 1. The van der Waals surface area contributed by atoms with Crippen molar-refractivity contribution < 1.29 is 31.9 Å². The number of halogens is 5. The van der Waals surface area contributed by atoms with Gasteiger partial charge in [0.05, 0.1) is 5.97 Å². The van der Waals surface area contributed by atoms with Crippen molar-refractivity contribution in [1.82, 2.24) is 9.78 Å². The minimum atomic E-state index is -5.75. The molecule has 1 aliphatic heterocycles. The van der Waals surface area contributed by atoms with Gasteiger partial charge in [0.25, 0.3) is 0 Å². The molecular formula is C10H9F5N3O2-. The molecule has 2 rings (SSSR count). The number of hydrogen-bond acceptors (Lipinski definition) is 4. The second-order valence-electron chi connectivity index (χ2n) is 4.56. The molecule has 1 aliphatic rings. The molecule has 1 aromatic rings. The van der Waals surface area contributed by atoms with Gasteiger partial charge in [-0.15, -0.1) is 0 Å². The molecule has 2 heterocycles. The molecule has 2 unspecified atom stereocenters. The Kier molecular flexibility index (Phi) is 3.14. The van der Waals surface area contributed by atoms with Crippen LogP contribution >= 0.6 is 0 Å². The number of rotatable bonds is 2. The second kappa shape index (κ2) is 4.32. The molecule has 2 atom stereocenters. The first kappa shape index (κ1) is 14.5. The summed E-state index contributed by atoms with van der Waals surface area (Å²) in [6.07, 6.45) is -6.30. The van der Waals surface area contributed by atoms with Gasteiger partial charge in [0, 0.05) is 12.1 Å². The fourth-order valence-electron chi connectivity index (χ4n) is 2.08. The number of nitrogens with zero attached hydrogens (tertiary/aromatic N) is 2. The monoisotopic (exact) mass is 298 g/mol. The predicted molar refractivity (Wildman–Crippen MR) is 54.3 cm³/mol. The second-order valence-corrected chi connectivity index (χ2v) is 4.56. The van der Waals surface area contributed by atoms with Crippen molar-refractivity contribution in [3.8, 4) is 0 Å².